The minimum atomic E-state index is -2.38. The Kier molecular flexibility index (Phi) is 3.02. The van der Waals surface area contributed by atoms with E-state index < -0.39 is 5.92 Å². The van der Waals surface area contributed by atoms with Crippen LogP contribution in [0, 0.1) is 5.92 Å². The molecule has 0 aromatic carbocycles. The lowest BCUT2D eigenvalue weighted by Gasteiger charge is -2.29. The van der Waals surface area contributed by atoms with Crippen LogP contribution in [0.15, 0.2) is 0 Å². The molecule has 2 rings (SSSR count). The average molecular weight is 204 g/mol. The lowest BCUT2D eigenvalue weighted by atomic mass is 10.1. The molecule has 1 atom stereocenters. The normalized spacial score (nSPS) is 33.4. The lowest BCUT2D eigenvalue weighted by molar-refractivity contribution is 0.00328. The van der Waals surface area contributed by atoms with Gasteiger partial charge in [-0.05, 0) is 12.3 Å². The number of alkyl halides is 2. The number of nitrogens with zero attached hydrogens (tertiary/aromatic N) is 1. The molecule has 1 aliphatic heterocycles. The summed E-state index contributed by atoms with van der Waals surface area (Å²) in [6, 6.07) is 0. The molecule has 0 spiro atoms. The molecule has 14 heavy (non-hydrogen) atoms. The van der Waals surface area contributed by atoms with E-state index in [1.165, 1.54) is 0 Å². The van der Waals surface area contributed by atoms with Crippen LogP contribution in [0.2, 0.25) is 0 Å². The molecular weight excluding hydrogens is 186 g/mol. The number of hydrogen-bond acceptors (Lipinski definition) is 2. The van der Waals surface area contributed by atoms with Crippen molar-refractivity contribution >= 4 is 0 Å². The number of halogens is 2. The third-order valence-electron chi connectivity index (χ3n) is 3.23. The third kappa shape index (κ3) is 2.64. The van der Waals surface area contributed by atoms with E-state index >= 15 is 0 Å². The van der Waals surface area contributed by atoms with Gasteiger partial charge in [0.05, 0.1) is 0 Å². The molecular formula is C10H18F2N2. The minimum Gasteiger partial charge on any atom is -0.314 e. The van der Waals surface area contributed by atoms with E-state index in [4.69, 9.17) is 0 Å². The fourth-order valence-corrected chi connectivity index (χ4v) is 2.46. The van der Waals surface area contributed by atoms with Crippen molar-refractivity contribution in [2.24, 2.45) is 5.92 Å². The highest BCUT2D eigenvalue weighted by molar-refractivity contribution is 4.84. The van der Waals surface area contributed by atoms with Crippen LogP contribution < -0.4 is 5.32 Å². The van der Waals surface area contributed by atoms with Gasteiger partial charge in [-0.15, -0.1) is 0 Å². The first kappa shape index (κ1) is 10.3. The zero-order valence-corrected chi connectivity index (χ0v) is 8.44. The Bertz CT molecular complexity index is 191. The van der Waals surface area contributed by atoms with Gasteiger partial charge >= 0.3 is 0 Å². The molecule has 0 bridgehead atoms. The fraction of sp³-hybridized carbons (Fsp3) is 1.00. The quantitative estimate of drug-likeness (QED) is 0.730. The van der Waals surface area contributed by atoms with Gasteiger partial charge in [0.2, 0.25) is 5.92 Å². The molecule has 1 saturated heterocycles. The first-order valence-corrected chi connectivity index (χ1v) is 5.47. The van der Waals surface area contributed by atoms with Crippen LogP contribution in [-0.4, -0.2) is 43.5 Å². The Morgan fingerprint density at radius 1 is 1.29 bits per heavy atom. The lowest BCUT2D eigenvalue weighted by Crippen LogP contribution is -2.45. The van der Waals surface area contributed by atoms with Gasteiger partial charge in [0.1, 0.15) is 0 Å². The van der Waals surface area contributed by atoms with E-state index in [1.54, 1.807) is 0 Å². The summed E-state index contributed by atoms with van der Waals surface area (Å²) in [5, 5.41) is 3.27. The van der Waals surface area contributed by atoms with Gasteiger partial charge in [0.25, 0.3) is 0 Å². The van der Waals surface area contributed by atoms with Crippen LogP contribution in [0.3, 0.4) is 0 Å². The molecule has 1 aliphatic carbocycles. The van der Waals surface area contributed by atoms with Crippen molar-refractivity contribution in [1.82, 2.24) is 10.2 Å². The highest BCUT2D eigenvalue weighted by atomic mass is 19.3. The summed E-state index contributed by atoms with van der Waals surface area (Å²) < 4.78 is 25.8. The minimum absolute atomic E-state index is 0.101. The molecule has 2 aliphatic rings. The first-order chi connectivity index (χ1) is 6.66. The van der Waals surface area contributed by atoms with Crippen molar-refractivity contribution in [2.45, 2.75) is 25.2 Å². The molecule has 0 aromatic rings. The Hall–Kier alpha value is -0.220. The van der Waals surface area contributed by atoms with E-state index in [2.05, 4.69) is 10.2 Å². The average Bonchev–Trinajstić information content (AvgIpc) is 2.47. The second kappa shape index (κ2) is 4.11. The van der Waals surface area contributed by atoms with Gasteiger partial charge in [-0.1, -0.05) is 0 Å². The van der Waals surface area contributed by atoms with Crippen molar-refractivity contribution in [3.8, 4) is 0 Å². The first-order valence-electron chi connectivity index (χ1n) is 5.47. The molecule has 2 fully saturated rings. The van der Waals surface area contributed by atoms with E-state index in [1.807, 2.05) is 0 Å². The summed E-state index contributed by atoms with van der Waals surface area (Å²) in [6.07, 6.45) is 0.914. The highest BCUT2D eigenvalue weighted by Crippen LogP contribution is 2.39. The summed E-state index contributed by atoms with van der Waals surface area (Å²) in [5.74, 6) is -2.15. The van der Waals surface area contributed by atoms with Gasteiger partial charge in [0.15, 0.2) is 0 Å². The van der Waals surface area contributed by atoms with E-state index in [0.29, 0.717) is 6.42 Å². The monoisotopic (exact) mass is 204 g/mol. The van der Waals surface area contributed by atoms with Crippen molar-refractivity contribution in [1.29, 1.82) is 0 Å². The summed E-state index contributed by atoms with van der Waals surface area (Å²) in [4.78, 5) is 2.31. The van der Waals surface area contributed by atoms with Crippen molar-refractivity contribution in [3.05, 3.63) is 0 Å². The summed E-state index contributed by atoms with van der Waals surface area (Å²) in [6.45, 7) is 4.91. The predicted octanol–water partition coefficient (Wildman–Crippen LogP) is 1.33. The van der Waals surface area contributed by atoms with Crippen LogP contribution in [0.4, 0.5) is 8.78 Å². The maximum Gasteiger partial charge on any atom is 0.248 e. The van der Waals surface area contributed by atoms with Crippen LogP contribution in [0.5, 0.6) is 0 Å². The Labute approximate surface area is 83.7 Å². The van der Waals surface area contributed by atoms with E-state index in [-0.39, 0.29) is 18.8 Å². The van der Waals surface area contributed by atoms with Crippen LogP contribution in [0.1, 0.15) is 19.3 Å². The van der Waals surface area contributed by atoms with Gasteiger partial charge in [-0.2, -0.15) is 0 Å². The third-order valence-corrected chi connectivity index (χ3v) is 3.23. The molecule has 1 heterocycles. The number of nitrogens with one attached hydrogen (secondary N) is 1. The molecule has 2 nitrogen and oxygen atoms in total. The predicted molar refractivity (Wildman–Crippen MR) is 51.6 cm³/mol. The molecule has 82 valence electrons. The Morgan fingerprint density at radius 2 is 2.00 bits per heavy atom. The van der Waals surface area contributed by atoms with E-state index in [0.717, 1.165) is 32.7 Å². The molecule has 0 radical (unpaired) electrons. The van der Waals surface area contributed by atoms with Crippen molar-refractivity contribution < 1.29 is 8.78 Å². The maximum absolute atomic E-state index is 12.9. The second-order valence-corrected chi connectivity index (χ2v) is 4.52. The fourth-order valence-electron chi connectivity index (χ4n) is 2.46. The van der Waals surface area contributed by atoms with E-state index in [9.17, 15) is 8.78 Å². The summed E-state index contributed by atoms with van der Waals surface area (Å²) >= 11 is 0. The Balaban J connectivity index is 1.75. The molecule has 1 saturated carbocycles. The number of rotatable bonds is 2. The topological polar surface area (TPSA) is 15.3 Å². The number of hydrogen-bond donors (Lipinski definition) is 1. The van der Waals surface area contributed by atoms with Gasteiger partial charge in [0, 0.05) is 45.6 Å². The molecule has 4 heteroatoms. The second-order valence-electron chi connectivity index (χ2n) is 4.52. The highest BCUT2D eigenvalue weighted by Gasteiger charge is 2.39. The van der Waals surface area contributed by atoms with Crippen LogP contribution in [-0.2, 0) is 0 Å². The van der Waals surface area contributed by atoms with Gasteiger partial charge in [-0.25, -0.2) is 8.78 Å². The summed E-state index contributed by atoms with van der Waals surface area (Å²) in [5.41, 5.74) is 0. The largest absolute Gasteiger partial charge is 0.314 e. The Morgan fingerprint density at radius 3 is 2.57 bits per heavy atom. The standard InChI is InChI=1S/C10H18F2N2/c11-10(12)2-1-9(7-10)8-14-5-3-13-4-6-14/h9,13H,1-8H2. The maximum atomic E-state index is 12.9. The van der Waals surface area contributed by atoms with Gasteiger partial charge in [-0.3, -0.25) is 0 Å². The molecule has 0 aromatic heterocycles. The van der Waals surface area contributed by atoms with Crippen molar-refractivity contribution in [2.75, 3.05) is 32.7 Å². The molecule has 1 unspecified atom stereocenters. The zero-order chi connectivity index (χ0) is 10.0. The van der Waals surface area contributed by atoms with Crippen molar-refractivity contribution in [3.63, 3.8) is 0 Å². The zero-order valence-electron chi connectivity index (χ0n) is 8.44. The number of piperazine rings is 1. The van der Waals surface area contributed by atoms with Gasteiger partial charge < -0.3 is 10.2 Å². The van der Waals surface area contributed by atoms with Crippen LogP contribution >= 0.6 is 0 Å². The summed E-state index contributed by atoms with van der Waals surface area (Å²) in [7, 11) is 0. The molecule has 0 amide bonds. The smallest absolute Gasteiger partial charge is 0.248 e. The molecule has 1 N–H and O–H groups in total. The SMILES string of the molecule is FC1(F)CCC(CN2CCNCC2)C1. The van der Waals surface area contributed by atoms with Crippen LogP contribution in [0.25, 0.3) is 0 Å².